The molecule has 4 heteroatoms. The number of nitrogens with one attached hydrogen (secondary N) is 1. The third-order valence-electron chi connectivity index (χ3n) is 4.01. The van der Waals surface area contributed by atoms with E-state index in [2.05, 4.69) is 12.2 Å². The number of hydrogen-bond donors (Lipinski definition) is 1. The van der Waals surface area contributed by atoms with Crippen molar-refractivity contribution in [3.63, 3.8) is 0 Å². The standard InChI is InChI=1S/C15H21Cl2NO/c1-15(7-3-4-8-19-15)14(18-2)10-11-5-6-12(16)13(17)9-11/h5-6,9,14,18H,3-4,7-8,10H2,1-2H3. The van der Waals surface area contributed by atoms with E-state index in [1.807, 2.05) is 25.2 Å². The van der Waals surface area contributed by atoms with Gasteiger partial charge in [-0.2, -0.15) is 0 Å². The van der Waals surface area contributed by atoms with Crippen LogP contribution in [-0.2, 0) is 11.2 Å². The molecule has 1 fully saturated rings. The number of hydrogen-bond acceptors (Lipinski definition) is 2. The zero-order valence-corrected chi connectivity index (χ0v) is 13.0. The third-order valence-corrected chi connectivity index (χ3v) is 4.75. The summed E-state index contributed by atoms with van der Waals surface area (Å²) in [6, 6.07) is 6.12. The smallest absolute Gasteiger partial charge is 0.0809 e. The Kier molecular flexibility index (Phi) is 5.13. The van der Waals surface area contributed by atoms with E-state index >= 15 is 0 Å². The first kappa shape index (κ1) is 15.1. The van der Waals surface area contributed by atoms with Gasteiger partial charge in [0.25, 0.3) is 0 Å². The molecule has 106 valence electrons. The van der Waals surface area contributed by atoms with Crippen LogP contribution in [0.1, 0.15) is 31.7 Å². The predicted octanol–water partition coefficient (Wildman–Crippen LogP) is 4.08. The lowest BCUT2D eigenvalue weighted by Crippen LogP contribution is -2.52. The van der Waals surface area contributed by atoms with E-state index in [0.29, 0.717) is 10.0 Å². The van der Waals surface area contributed by atoms with Gasteiger partial charge in [0, 0.05) is 12.6 Å². The van der Waals surface area contributed by atoms with Crippen molar-refractivity contribution in [1.82, 2.24) is 5.32 Å². The van der Waals surface area contributed by atoms with Crippen molar-refractivity contribution in [2.75, 3.05) is 13.7 Å². The molecule has 2 atom stereocenters. The average molecular weight is 302 g/mol. The topological polar surface area (TPSA) is 21.3 Å². The van der Waals surface area contributed by atoms with Crippen LogP contribution < -0.4 is 5.32 Å². The second kappa shape index (κ2) is 6.45. The summed E-state index contributed by atoms with van der Waals surface area (Å²) in [6.45, 7) is 3.06. The molecule has 0 radical (unpaired) electrons. The minimum absolute atomic E-state index is 0.0981. The molecule has 1 aromatic carbocycles. The van der Waals surface area contributed by atoms with Crippen LogP contribution in [0.5, 0.6) is 0 Å². The molecular weight excluding hydrogens is 281 g/mol. The fraction of sp³-hybridized carbons (Fsp3) is 0.600. The molecular formula is C15H21Cl2NO. The van der Waals surface area contributed by atoms with Crippen molar-refractivity contribution in [1.29, 1.82) is 0 Å². The van der Waals surface area contributed by atoms with Gasteiger partial charge in [-0.25, -0.2) is 0 Å². The van der Waals surface area contributed by atoms with E-state index in [0.717, 1.165) is 19.4 Å². The lowest BCUT2D eigenvalue weighted by molar-refractivity contribution is -0.0870. The van der Waals surface area contributed by atoms with Crippen LogP contribution in [-0.4, -0.2) is 25.3 Å². The lowest BCUT2D eigenvalue weighted by atomic mass is 9.85. The van der Waals surface area contributed by atoms with Gasteiger partial charge in [0.05, 0.1) is 15.6 Å². The van der Waals surface area contributed by atoms with E-state index in [1.54, 1.807) is 0 Å². The van der Waals surface area contributed by atoms with Gasteiger partial charge in [0.15, 0.2) is 0 Å². The summed E-state index contributed by atoms with van der Waals surface area (Å²) < 4.78 is 6.02. The number of ether oxygens (including phenoxy) is 1. The first-order chi connectivity index (χ1) is 9.05. The number of benzene rings is 1. The Morgan fingerprint density at radius 2 is 2.11 bits per heavy atom. The monoisotopic (exact) mass is 301 g/mol. The van der Waals surface area contributed by atoms with Crippen LogP contribution in [0, 0.1) is 0 Å². The van der Waals surface area contributed by atoms with Gasteiger partial charge in [-0.3, -0.25) is 0 Å². The van der Waals surface area contributed by atoms with Gasteiger partial charge < -0.3 is 10.1 Å². The second-order valence-electron chi connectivity index (χ2n) is 5.41. The highest BCUT2D eigenvalue weighted by molar-refractivity contribution is 6.42. The molecule has 0 bridgehead atoms. The largest absolute Gasteiger partial charge is 0.374 e. The van der Waals surface area contributed by atoms with Crippen molar-refractivity contribution in [2.45, 2.75) is 44.2 Å². The highest BCUT2D eigenvalue weighted by Crippen LogP contribution is 2.30. The maximum absolute atomic E-state index is 6.08. The summed E-state index contributed by atoms with van der Waals surface area (Å²) in [5, 5.41) is 4.61. The first-order valence-electron chi connectivity index (χ1n) is 6.80. The Labute approximate surface area is 125 Å². The molecule has 1 N–H and O–H groups in total. The van der Waals surface area contributed by atoms with E-state index < -0.39 is 0 Å². The Morgan fingerprint density at radius 1 is 1.32 bits per heavy atom. The Balaban J connectivity index is 2.11. The van der Waals surface area contributed by atoms with Gasteiger partial charge in [-0.05, 0) is 57.4 Å². The summed E-state index contributed by atoms with van der Waals surface area (Å²) in [4.78, 5) is 0. The predicted molar refractivity (Wildman–Crippen MR) is 81.2 cm³/mol. The minimum Gasteiger partial charge on any atom is -0.374 e. The van der Waals surface area contributed by atoms with Crippen LogP contribution >= 0.6 is 23.2 Å². The second-order valence-corrected chi connectivity index (χ2v) is 6.23. The summed E-state index contributed by atoms with van der Waals surface area (Å²) in [5.74, 6) is 0. The highest BCUT2D eigenvalue weighted by atomic mass is 35.5. The summed E-state index contributed by atoms with van der Waals surface area (Å²) >= 11 is 12.0. The van der Waals surface area contributed by atoms with E-state index in [-0.39, 0.29) is 11.6 Å². The van der Waals surface area contributed by atoms with Gasteiger partial charge in [-0.1, -0.05) is 29.3 Å². The number of likely N-dealkylation sites (N-methyl/N-ethyl adjacent to an activating group) is 1. The fourth-order valence-corrected chi connectivity index (χ4v) is 3.08. The molecule has 2 unspecified atom stereocenters. The van der Waals surface area contributed by atoms with Crippen LogP contribution in [0.15, 0.2) is 18.2 Å². The van der Waals surface area contributed by atoms with Crippen molar-refractivity contribution >= 4 is 23.2 Å². The number of rotatable bonds is 4. The molecule has 19 heavy (non-hydrogen) atoms. The quantitative estimate of drug-likeness (QED) is 0.904. The normalized spacial score (nSPS) is 25.3. The zero-order valence-electron chi connectivity index (χ0n) is 11.5. The van der Waals surface area contributed by atoms with Gasteiger partial charge in [-0.15, -0.1) is 0 Å². The fourth-order valence-electron chi connectivity index (χ4n) is 2.76. The summed E-state index contributed by atoms with van der Waals surface area (Å²) in [5.41, 5.74) is 1.09. The van der Waals surface area contributed by atoms with Crippen LogP contribution in [0.3, 0.4) is 0 Å². The molecule has 2 nitrogen and oxygen atoms in total. The maximum Gasteiger partial charge on any atom is 0.0809 e. The average Bonchev–Trinajstić information content (AvgIpc) is 2.40. The number of halogens is 2. The van der Waals surface area contributed by atoms with Crippen molar-refractivity contribution < 1.29 is 4.74 Å². The highest BCUT2D eigenvalue weighted by Gasteiger charge is 2.35. The third kappa shape index (κ3) is 3.63. The molecule has 1 aliphatic rings. The molecule has 0 saturated carbocycles. The SMILES string of the molecule is CNC(Cc1ccc(Cl)c(Cl)c1)C1(C)CCCCO1. The van der Waals surface area contributed by atoms with Crippen LogP contribution in [0.4, 0.5) is 0 Å². The van der Waals surface area contributed by atoms with Crippen LogP contribution in [0.2, 0.25) is 10.0 Å². The molecule has 1 heterocycles. The van der Waals surface area contributed by atoms with Gasteiger partial charge in [0.1, 0.15) is 0 Å². The molecule has 1 aliphatic heterocycles. The Bertz CT molecular complexity index is 430. The van der Waals surface area contributed by atoms with E-state index in [1.165, 1.54) is 18.4 Å². The minimum atomic E-state index is -0.0981. The molecule has 1 saturated heterocycles. The van der Waals surface area contributed by atoms with Crippen molar-refractivity contribution in [3.8, 4) is 0 Å². The van der Waals surface area contributed by atoms with Crippen molar-refractivity contribution in [3.05, 3.63) is 33.8 Å². The zero-order chi connectivity index (χ0) is 13.9. The molecule has 0 aromatic heterocycles. The van der Waals surface area contributed by atoms with E-state index in [4.69, 9.17) is 27.9 Å². The Morgan fingerprint density at radius 3 is 2.68 bits per heavy atom. The Hall–Kier alpha value is -0.280. The van der Waals surface area contributed by atoms with Crippen molar-refractivity contribution in [2.24, 2.45) is 0 Å². The van der Waals surface area contributed by atoms with E-state index in [9.17, 15) is 0 Å². The molecule has 0 amide bonds. The maximum atomic E-state index is 6.08. The summed E-state index contributed by atoms with van der Waals surface area (Å²) in [6.07, 6.45) is 4.39. The first-order valence-corrected chi connectivity index (χ1v) is 7.56. The van der Waals surface area contributed by atoms with Crippen LogP contribution in [0.25, 0.3) is 0 Å². The molecule has 2 rings (SSSR count). The summed E-state index contributed by atoms with van der Waals surface area (Å²) in [7, 11) is 1.99. The molecule has 1 aromatic rings. The molecule has 0 spiro atoms. The van der Waals surface area contributed by atoms with Gasteiger partial charge >= 0.3 is 0 Å². The lowest BCUT2D eigenvalue weighted by Gasteiger charge is -2.40. The van der Waals surface area contributed by atoms with Gasteiger partial charge in [0.2, 0.25) is 0 Å². The molecule has 0 aliphatic carbocycles.